The second kappa shape index (κ2) is 10.1. The summed E-state index contributed by atoms with van der Waals surface area (Å²) in [6, 6.07) is 0. The van der Waals surface area contributed by atoms with Crippen molar-refractivity contribution in [1.82, 2.24) is 4.98 Å². The first-order chi connectivity index (χ1) is 9.25. The fraction of sp³-hybridized carbons (Fsp3) is 0.778. The van der Waals surface area contributed by atoms with Gasteiger partial charge in [0.15, 0.2) is 0 Å². The van der Waals surface area contributed by atoms with Gasteiger partial charge in [0, 0.05) is 12.4 Å². The first kappa shape index (κ1) is 16.3. The minimum absolute atomic E-state index is 0.653. The highest BCUT2D eigenvalue weighted by Crippen LogP contribution is 2.21. The average Bonchev–Trinajstić information content (AvgIpc) is 2.85. The molecule has 0 amide bonds. The van der Waals surface area contributed by atoms with Gasteiger partial charge in [0.05, 0.1) is 0 Å². The van der Waals surface area contributed by atoms with Crippen molar-refractivity contribution in [1.29, 1.82) is 0 Å². The third-order valence-electron chi connectivity index (χ3n) is 4.04. The molecule has 0 aromatic carbocycles. The van der Waals surface area contributed by atoms with Crippen LogP contribution in [-0.2, 0) is 6.42 Å². The zero-order valence-corrected chi connectivity index (χ0v) is 13.3. The van der Waals surface area contributed by atoms with E-state index in [1.165, 1.54) is 75.3 Å². The molecule has 0 unspecified atom stereocenters. The van der Waals surface area contributed by atoms with E-state index in [0.717, 1.165) is 0 Å². The molecule has 0 atom stereocenters. The molecule has 0 saturated heterocycles. The van der Waals surface area contributed by atoms with Gasteiger partial charge in [-0.05, 0) is 29.9 Å². The van der Waals surface area contributed by atoms with Crippen LogP contribution < -0.4 is 0 Å². The number of hydrogen-bond acceptors (Lipinski definition) is 0. The molecule has 0 aliphatic carbocycles. The molecular formula is C18H33N. The number of unbranched alkanes of at least 4 members (excludes halogenated alkanes) is 8. The minimum atomic E-state index is 0.653. The zero-order valence-electron chi connectivity index (χ0n) is 13.3. The fourth-order valence-electron chi connectivity index (χ4n) is 2.79. The van der Waals surface area contributed by atoms with Crippen molar-refractivity contribution < 1.29 is 0 Å². The number of rotatable bonds is 11. The van der Waals surface area contributed by atoms with E-state index >= 15 is 0 Å². The highest BCUT2D eigenvalue weighted by Gasteiger charge is 2.06. The molecule has 19 heavy (non-hydrogen) atoms. The Bertz CT molecular complexity index is 311. The van der Waals surface area contributed by atoms with Crippen molar-refractivity contribution in [2.45, 2.75) is 90.9 Å². The smallest absolute Gasteiger partial charge is 0.00428 e. The van der Waals surface area contributed by atoms with Crippen LogP contribution in [0.25, 0.3) is 0 Å². The van der Waals surface area contributed by atoms with Crippen LogP contribution in [0.2, 0.25) is 0 Å². The van der Waals surface area contributed by atoms with Crippen LogP contribution in [0.3, 0.4) is 0 Å². The molecule has 1 aromatic rings. The van der Waals surface area contributed by atoms with Crippen LogP contribution >= 0.6 is 0 Å². The minimum Gasteiger partial charge on any atom is -0.367 e. The number of H-pyrrole nitrogens is 1. The highest BCUT2D eigenvalue weighted by molar-refractivity contribution is 5.26. The molecular weight excluding hydrogens is 230 g/mol. The Balaban J connectivity index is 2.00. The second-order valence-electron chi connectivity index (χ2n) is 6.17. The number of hydrogen-bond donors (Lipinski definition) is 1. The summed E-state index contributed by atoms with van der Waals surface area (Å²) in [7, 11) is 0. The number of nitrogens with one attached hydrogen (secondary N) is 1. The first-order valence-electron chi connectivity index (χ1n) is 8.41. The van der Waals surface area contributed by atoms with E-state index < -0.39 is 0 Å². The maximum absolute atomic E-state index is 3.26. The van der Waals surface area contributed by atoms with E-state index in [2.05, 4.69) is 38.1 Å². The van der Waals surface area contributed by atoms with Gasteiger partial charge >= 0.3 is 0 Å². The lowest BCUT2D eigenvalue weighted by atomic mass is 9.98. The summed E-state index contributed by atoms with van der Waals surface area (Å²) >= 11 is 0. The van der Waals surface area contributed by atoms with Crippen molar-refractivity contribution in [3.63, 3.8) is 0 Å². The summed E-state index contributed by atoms with van der Waals surface area (Å²) in [6.45, 7) is 6.85. The molecule has 0 radical (unpaired) electrons. The molecule has 1 heteroatoms. The molecule has 0 aliphatic rings. The lowest BCUT2D eigenvalue weighted by molar-refractivity contribution is 0.564. The Morgan fingerprint density at radius 1 is 0.842 bits per heavy atom. The number of aromatic nitrogens is 1. The Morgan fingerprint density at radius 3 is 2.00 bits per heavy atom. The molecule has 1 nitrogen and oxygen atoms in total. The van der Waals surface area contributed by atoms with E-state index in [1.807, 2.05) is 0 Å². The molecule has 110 valence electrons. The zero-order chi connectivity index (χ0) is 13.9. The number of aromatic amines is 1. The quantitative estimate of drug-likeness (QED) is 0.457. The monoisotopic (exact) mass is 263 g/mol. The van der Waals surface area contributed by atoms with Gasteiger partial charge in [-0.2, -0.15) is 0 Å². The van der Waals surface area contributed by atoms with Crippen LogP contribution in [0, 0.1) is 0 Å². The van der Waals surface area contributed by atoms with Gasteiger partial charge in [0.25, 0.3) is 0 Å². The lowest BCUT2D eigenvalue weighted by Gasteiger charge is -2.07. The second-order valence-corrected chi connectivity index (χ2v) is 6.17. The van der Waals surface area contributed by atoms with Crippen molar-refractivity contribution >= 4 is 0 Å². The van der Waals surface area contributed by atoms with Crippen molar-refractivity contribution in [2.24, 2.45) is 0 Å². The van der Waals surface area contributed by atoms with Crippen molar-refractivity contribution in [3.05, 3.63) is 23.5 Å². The van der Waals surface area contributed by atoms with Gasteiger partial charge in [0.2, 0.25) is 0 Å². The molecule has 0 bridgehead atoms. The Morgan fingerprint density at radius 2 is 1.42 bits per heavy atom. The van der Waals surface area contributed by atoms with Gasteiger partial charge in [-0.1, -0.05) is 72.1 Å². The van der Waals surface area contributed by atoms with Gasteiger partial charge in [-0.15, -0.1) is 0 Å². The average molecular weight is 263 g/mol. The van der Waals surface area contributed by atoms with Gasteiger partial charge < -0.3 is 4.98 Å². The van der Waals surface area contributed by atoms with E-state index in [9.17, 15) is 0 Å². The summed E-state index contributed by atoms with van der Waals surface area (Å²) in [5, 5.41) is 0. The summed E-state index contributed by atoms with van der Waals surface area (Å²) in [5.41, 5.74) is 3.05. The molecule has 1 aromatic heterocycles. The molecule has 0 aliphatic heterocycles. The van der Waals surface area contributed by atoms with E-state index in [0.29, 0.717) is 5.92 Å². The summed E-state index contributed by atoms with van der Waals surface area (Å²) < 4.78 is 0. The van der Waals surface area contributed by atoms with Gasteiger partial charge in [0.1, 0.15) is 0 Å². The van der Waals surface area contributed by atoms with Crippen LogP contribution in [0.4, 0.5) is 0 Å². The third kappa shape index (κ3) is 6.84. The third-order valence-corrected chi connectivity index (χ3v) is 4.04. The highest BCUT2D eigenvalue weighted by atomic mass is 14.6. The lowest BCUT2D eigenvalue weighted by Crippen LogP contribution is -1.92. The number of aryl methyl sites for hydroxylation is 1. The van der Waals surface area contributed by atoms with Crippen molar-refractivity contribution in [3.8, 4) is 0 Å². The van der Waals surface area contributed by atoms with E-state index in [1.54, 1.807) is 0 Å². The molecule has 0 spiro atoms. The Labute approximate surface area is 120 Å². The predicted octanol–water partition coefficient (Wildman–Crippen LogP) is 6.21. The SMILES string of the molecule is CCCCCCCCCCCc1c[nH]cc1C(C)C. The standard InChI is InChI=1S/C18H33N/c1-4-5-6-7-8-9-10-11-12-13-17-14-19-15-18(17)16(2)3/h14-16,19H,4-13H2,1-3H3. The van der Waals surface area contributed by atoms with E-state index in [-0.39, 0.29) is 0 Å². The van der Waals surface area contributed by atoms with Crippen LogP contribution in [0.5, 0.6) is 0 Å². The molecule has 1 N–H and O–H groups in total. The Hall–Kier alpha value is -0.720. The van der Waals surface area contributed by atoms with Crippen LogP contribution in [0.1, 0.15) is 95.6 Å². The molecule has 0 fully saturated rings. The van der Waals surface area contributed by atoms with Crippen LogP contribution in [-0.4, -0.2) is 4.98 Å². The maximum Gasteiger partial charge on any atom is 0.00428 e. The maximum atomic E-state index is 3.26. The fourth-order valence-corrected chi connectivity index (χ4v) is 2.79. The topological polar surface area (TPSA) is 15.8 Å². The first-order valence-corrected chi connectivity index (χ1v) is 8.41. The van der Waals surface area contributed by atoms with Gasteiger partial charge in [-0.25, -0.2) is 0 Å². The van der Waals surface area contributed by atoms with Gasteiger partial charge in [-0.3, -0.25) is 0 Å². The summed E-state index contributed by atoms with van der Waals surface area (Å²) in [6.07, 6.45) is 18.4. The van der Waals surface area contributed by atoms with Crippen molar-refractivity contribution in [2.75, 3.05) is 0 Å². The normalized spacial score (nSPS) is 11.4. The largest absolute Gasteiger partial charge is 0.367 e. The summed E-state index contributed by atoms with van der Waals surface area (Å²) in [5.74, 6) is 0.653. The summed E-state index contributed by atoms with van der Waals surface area (Å²) in [4.78, 5) is 3.26. The molecule has 1 rings (SSSR count). The Kier molecular flexibility index (Phi) is 8.69. The van der Waals surface area contributed by atoms with E-state index in [4.69, 9.17) is 0 Å². The molecule has 0 saturated carbocycles. The predicted molar refractivity (Wildman–Crippen MR) is 85.8 cm³/mol. The van der Waals surface area contributed by atoms with Crippen LogP contribution in [0.15, 0.2) is 12.4 Å². The molecule has 1 heterocycles.